The van der Waals surface area contributed by atoms with Crippen molar-refractivity contribution in [1.82, 2.24) is 5.32 Å². The van der Waals surface area contributed by atoms with Gasteiger partial charge in [-0.05, 0) is 13.3 Å². The lowest BCUT2D eigenvalue weighted by Crippen LogP contribution is -2.42. The monoisotopic (exact) mass is 288 g/mol. The van der Waals surface area contributed by atoms with Gasteiger partial charge < -0.3 is 25.3 Å². The van der Waals surface area contributed by atoms with Crippen LogP contribution in [-0.4, -0.2) is 61.5 Å². The second-order valence-corrected chi connectivity index (χ2v) is 3.86. The summed E-state index contributed by atoms with van der Waals surface area (Å²) < 4.78 is 9.99. The maximum absolute atomic E-state index is 11.4. The highest BCUT2D eigenvalue weighted by molar-refractivity contribution is 6.26. The van der Waals surface area contributed by atoms with Gasteiger partial charge in [0.15, 0.2) is 5.78 Å². The molecule has 0 aromatic heterocycles. The van der Waals surface area contributed by atoms with Gasteiger partial charge in [0.1, 0.15) is 12.6 Å². The number of ether oxygens (including phenoxy) is 2. The highest BCUT2D eigenvalue weighted by Gasteiger charge is 2.20. The van der Waals surface area contributed by atoms with Gasteiger partial charge in [-0.15, -0.1) is 0 Å². The van der Waals surface area contributed by atoms with Gasteiger partial charge in [-0.3, -0.25) is 9.59 Å². The number of carboxylic acid groups (broad SMARTS) is 1. The minimum Gasteiger partial charge on any atom is -0.480 e. The van der Waals surface area contributed by atoms with Gasteiger partial charge >= 0.3 is 5.97 Å². The Labute approximate surface area is 116 Å². The zero-order valence-electron chi connectivity index (χ0n) is 11.4. The Kier molecular flexibility index (Phi) is 10.1. The third-order valence-electron chi connectivity index (χ3n) is 2.28. The molecule has 0 aromatic carbocycles. The van der Waals surface area contributed by atoms with E-state index in [-0.39, 0.29) is 26.1 Å². The van der Waals surface area contributed by atoms with Crippen LogP contribution in [-0.2, 0) is 23.9 Å². The maximum atomic E-state index is 11.4. The Morgan fingerprint density at radius 1 is 1.30 bits per heavy atom. The summed E-state index contributed by atoms with van der Waals surface area (Å²) in [6.07, 6.45) is 0.456. The highest BCUT2D eigenvalue weighted by Crippen LogP contribution is 1.98. The van der Waals surface area contributed by atoms with Gasteiger partial charge in [0.05, 0.1) is 19.4 Å². The van der Waals surface area contributed by atoms with Crippen LogP contribution in [0.2, 0.25) is 0 Å². The van der Waals surface area contributed by atoms with E-state index in [1.54, 1.807) is 0 Å². The molecule has 114 valence electrons. The van der Waals surface area contributed by atoms with Gasteiger partial charge in [0, 0.05) is 13.0 Å². The van der Waals surface area contributed by atoms with Crippen molar-refractivity contribution in [2.75, 3.05) is 26.4 Å². The quantitative estimate of drug-likeness (QED) is 0.331. The number of ketones is 1. The zero-order valence-corrected chi connectivity index (χ0v) is 11.4. The first-order chi connectivity index (χ1) is 9.51. The molecule has 1 unspecified atom stereocenters. The van der Waals surface area contributed by atoms with Gasteiger partial charge in [0.2, 0.25) is 5.91 Å². The molecule has 0 heterocycles. The van der Waals surface area contributed by atoms with Gasteiger partial charge in [-0.1, -0.05) is 0 Å². The van der Waals surface area contributed by atoms with E-state index in [1.807, 2.05) is 6.92 Å². The minimum absolute atomic E-state index is 0.0613. The van der Waals surface area contributed by atoms with Crippen LogP contribution in [0.3, 0.4) is 0 Å². The molecular weight excluding hydrogens is 268 g/mol. The van der Waals surface area contributed by atoms with Crippen LogP contribution < -0.4 is 5.32 Å². The first-order valence-corrected chi connectivity index (χ1v) is 6.22. The van der Waals surface area contributed by atoms with Crippen LogP contribution in [0.5, 0.6) is 0 Å². The lowest BCUT2D eigenvalue weighted by atomic mass is 10.1. The fourth-order valence-electron chi connectivity index (χ4n) is 1.28. The highest BCUT2D eigenvalue weighted by atomic mass is 16.5. The summed E-state index contributed by atoms with van der Waals surface area (Å²) in [5.41, 5.74) is 0. The molecule has 0 aromatic rings. The van der Waals surface area contributed by atoms with E-state index in [4.69, 9.17) is 20.0 Å². The topological polar surface area (TPSA) is 126 Å². The van der Waals surface area contributed by atoms with Crippen molar-refractivity contribution in [3.8, 4) is 0 Å². The fourth-order valence-corrected chi connectivity index (χ4v) is 1.28. The number of hydrogen-bond donors (Lipinski definition) is 3. The number of amides is 1. The van der Waals surface area contributed by atoms with Crippen molar-refractivity contribution in [3.63, 3.8) is 0 Å². The zero-order chi connectivity index (χ0) is 15.4. The molecule has 3 N–H and O–H groups in total. The number of aliphatic carboxylic acids is 1. The van der Waals surface area contributed by atoms with E-state index in [2.05, 4.69) is 5.32 Å². The number of carbonyl (C=O) groups is 3. The fraction of sp³-hybridized carbons (Fsp3) is 0.667. The predicted octanol–water partition coefficient (Wildman–Crippen LogP) is -0.392. The number of Topliss-reactive ketones (excluding diaryl/α,β-unsaturated/α-hetero) is 1. The van der Waals surface area contributed by atoms with Crippen molar-refractivity contribution in [3.05, 3.63) is 0 Å². The van der Waals surface area contributed by atoms with E-state index in [0.717, 1.165) is 0 Å². The average Bonchev–Trinajstić information content (AvgIpc) is 2.42. The molecular formula is C12H20N2O6. The Hall–Kier alpha value is -1.80. The summed E-state index contributed by atoms with van der Waals surface area (Å²) in [5.74, 6) is -2.29. The summed E-state index contributed by atoms with van der Waals surface area (Å²) in [6, 6.07) is -1.16. The van der Waals surface area contributed by atoms with Gasteiger partial charge in [0.25, 0.3) is 0 Å². The van der Waals surface area contributed by atoms with Crippen LogP contribution in [0.25, 0.3) is 0 Å². The molecule has 1 atom stereocenters. The number of nitrogens with one attached hydrogen (secondary N) is 2. The Balaban J connectivity index is 3.98. The summed E-state index contributed by atoms with van der Waals surface area (Å²) >= 11 is 0. The molecule has 0 radical (unpaired) electrons. The molecule has 1 amide bonds. The number of rotatable bonds is 12. The summed E-state index contributed by atoms with van der Waals surface area (Å²) in [4.78, 5) is 33.3. The van der Waals surface area contributed by atoms with Crippen LogP contribution in [0.1, 0.15) is 19.8 Å². The minimum atomic E-state index is -1.23. The molecule has 0 saturated heterocycles. The predicted molar refractivity (Wildman–Crippen MR) is 69.9 cm³/mol. The Bertz CT molecular complexity index is 345. The maximum Gasteiger partial charge on any atom is 0.326 e. The normalized spacial score (nSPS) is 11.7. The smallest absolute Gasteiger partial charge is 0.326 e. The molecule has 0 rings (SSSR count). The van der Waals surface area contributed by atoms with Crippen LogP contribution in [0, 0.1) is 5.41 Å². The van der Waals surface area contributed by atoms with Crippen molar-refractivity contribution >= 4 is 23.9 Å². The molecule has 0 fully saturated rings. The van der Waals surface area contributed by atoms with Gasteiger partial charge in [-0.25, -0.2) is 4.79 Å². The molecule has 8 nitrogen and oxygen atoms in total. The van der Waals surface area contributed by atoms with Crippen LogP contribution in [0.15, 0.2) is 0 Å². The second-order valence-electron chi connectivity index (χ2n) is 3.86. The third-order valence-corrected chi connectivity index (χ3v) is 2.28. The summed E-state index contributed by atoms with van der Waals surface area (Å²) in [7, 11) is 0. The SMILES string of the molecule is CCOCCOCC(=O)NC(CCC(=O)C=N)C(=O)O. The Morgan fingerprint density at radius 3 is 2.50 bits per heavy atom. The van der Waals surface area contributed by atoms with Crippen molar-refractivity contribution < 1.29 is 29.0 Å². The second kappa shape index (κ2) is 11.1. The average molecular weight is 288 g/mol. The van der Waals surface area contributed by atoms with Crippen molar-refractivity contribution in [1.29, 1.82) is 5.41 Å². The largest absolute Gasteiger partial charge is 0.480 e. The number of hydrogen-bond acceptors (Lipinski definition) is 6. The lowest BCUT2D eigenvalue weighted by molar-refractivity contribution is -0.143. The Morgan fingerprint density at radius 2 is 1.95 bits per heavy atom. The third kappa shape index (κ3) is 9.17. The lowest BCUT2D eigenvalue weighted by Gasteiger charge is -2.13. The molecule has 0 saturated carbocycles. The first-order valence-electron chi connectivity index (χ1n) is 6.22. The molecule has 0 aliphatic heterocycles. The standard InChI is InChI=1S/C12H20N2O6/c1-2-19-5-6-20-8-11(16)14-10(12(17)18)4-3-9(15)7-13/h7,10,13H,2-6,8H2,1H3,(H,14,16)(H,17,18). The van der Waals surface area contributed by atoms with Crippen molar-refractivity contribution in [2.45, 2.75) is 25.8 Å². The van der Waals surface area contributed by atoms with Crippen LogP contribution >= 0.6 is 0 Å². The summed E-state index contributed by atoms with van der Waals surface area (Å²) in [5, 5.41) is 17.9. The van der Waals surface area contributed by atoms with E-state index in [9.17, 15) is 14.4 Å². The molecule has 0 spiro atoms. The van der Waals surface area contributed by atoms with E-state index in [1.165, 1.54) is 0 Å². The molecule has 0 bridgehead atoms. The molecule has 0 aliphatic rings. The molecule has 8 heteroatoms. The van der Waals surface area contributed by atoms with Crippen LogP contribution in [0.4, 0.5) is 0 Å². The van der Waals surface area contributed by atoms with E-state index < -0.39 is 23.7 Å². The molecule has 0 aliphatic carbocycles. The molecule has 20 heavy (non-hydrogen) atoms. The van der Waals surface area contributed by atoms with E-state index in [0.29, 0.717) is 19.4 Å². The summed E-state index contributed by atoms with van der Waals surface area (Å²) in [6.45, 7) is 2.72. The van der Waals surface area contributed by atoms with Gasteiger partial charge in [-0.2, -0.15) is 0 Å². The van der Waals surface area contributed by atoms with E-state index >= 15 is 0 Å². The number of carboxylic acids is 1. The number of carbonyl (C=O) groups excluding carboxylic acids is 2. The van der Waals surface area contributed by atoms with Crippen molar-refractivity contribution in [2.24, 2.45) is 0 Å². The first kappa shape index (κ1) is 18.2.